The van der Waals surface area contributed by atoms with Gasteiger partial charge in [0.15, 0.2) is 10.7 Å². The number of nitrogens with zero attached hydrogens (tertiary/aromatic N) is 5. The number of anilines is 1. The molecule has 0 radical (unpaired) electrons. The molecule has 0 amide bonds. The first-order chi connectivity index (χ1) is 17.1. The molecule has 2 aromatic rings. The zero-order valence-corrected chi connectivity index (χ0v) is 20.4. The van der Waals surface area contributed by atoms with E-state index >= 15 is 8.78 Å². The molecule has 3 atom stereocenters. The van der Waals surface area contributed by atoms with Crippen molar-refractivity contribution in [3.63, 3.8) is 0 Å². The summed E-state index contributed by atoms with van der Waals surface area (Å²) in [5.41, 5.74) is -2.55. The molecule has 0 saturated carbocycles. The SMILES string of the molecule is N#Cc1ccc(S(=O)(=O)N2C[C@@H](F)C(n3ncc(NC[C@@]4(F)CCCOC4)c(Cl)c3=O)[C@H](F)C2)nc1. The number of rotatable bonds is 6. The molecule has 194 valence electrons. The van der Waals surface area contributed by atoms with Gasteiger partial charge in [-0.25, -0.2) is 31.3 Å². The van der Waals surface area contributed by atoms with Crippen LogP contribution in [0.4, 0.5) is 18.9 Å². The Bertz CT molecular complexity index is 1300. The molecule has 0 aliphatic carbocycles. The molecule has 2 fully saturated rings. The minimum atomic E-state index is -4.36. The molecule has 2 aromatic heterocycles. The predicted molar refractivity (Wildman–Crippen MR) is 122 cm³/mol. The Morgan fingerprint density at radius 3 is 2.58 bits per heavy atom. The first-order valence-electron chi connectivity index (χ1n) is 11.0. The van der Waals surface area contributed by atoms with Crippen LogP contribution in [-0.2, 0) is 14.8 Å². The van der Waals surface area contributed by atoms with E-state index in [1.54, 1.807) is 6.07 Å². The molecule has 15 heteroatoms. The first kappa shape index (κ1) is 26.3. The van der Waals surface area contributed by atoms with Crippen LogP contribution in [0.5, 0.6) is 0 Å². The Balaban J connectivity index is 1.50. The summed E-state index contributed by atoms with van der Waals surface area (Å²) < 4.78 is 76.9. The Morgan fingerprint density at radius 2 is 2.00 bits per heavy atom. The zero-order valence-electron chi connectivity index (χ0n) is 18.8. The molecule has 0 spiro atoms. The highest BCUT2D eigenvalue weighted by Gasteiger charge is 2.45. The number of aromatic nitrogens is 3. The lowest BCUT2D eigenvalue weighted by molar-refractivity contribution is -0.0234. The molecule has 0 unspecified atom stereocenters. The van der Waals surface area contributed by atoms with E-state index < -0.39 is 62.8 Å². The molecule has 4 rings (SSSR count). The summed E-state index contributed by atoms with van der Waals surface area (Å²) in [6.45, 7) is -1.37. The summed E-state index contributed by atoms with van der Waals surface area (Å²) in [6, 6.07) is 2.35. The number of hydrogen-bond acceptors (Lipinski definition) is 8. The fourth-order valence-electron chi connectivity index (χ4n) is 4.13. The molecule has 2 aliphatic rings. The number of sulfonamides is 1. The van der Waals surface area contributed by atoms with E-state index in [1.165, 1.54) is 6.07 Å². The van der Waals surface area contributed by atoms with Crippen molar-refractivity contribution in [1.82, 2.24) is 19.1 Å². The van der Waals surface area contributed by atoms with Gasteiger partial charge in [-0.3, -0.25) is 4.79 Å². The van der Waals surface area contributed by atoms with Gasteiger partial charge in [-0.05, 0) is 25.0 Å². The largest absolute Gasteiger partial charge is 0.379 e. The molecule has 0 bridgehead atoms. The highest BCUT2D eigenvalue weighted by molar-refractivity contribution is 7.89. The van der Waals surface area contributed by atoms with E-state index in [1.807, 2.05) is 0 Å². The van der Waals surface area contributed by atoms with Crippen molar-refractivity contribution in [2.24, 2.45) is 0 Å². The summed E-state index contributed by atoms with van der Waals surface area (Å²) >= 11 is 6.11. The minimum Gasteiger partial charge on any atom is -0.379 e. The van der Waals surface area contributed by atoms with Crippen molar-refractivity contribution < 1.29 is 26.3 Å². The zero-order chi connectivity index (χ0) is 26.1. The lowest BCUT2D eigenvalue weighted by Crippen LogP contribution is -2.53. The second kappa shape index (κ2) is 10.3. The number of nitrogens with one attached hydrogen (secondary N) is 1. The van der Waals surface area contributed by atoms with Gasteiger partial charge in [0.25, 0.3) is 15.6 Å². The number of piperidine rings is 1. The molecule has 10 nitrogen and oxygen atoms in total. The normalized spacial score (nSPS) is 25.9. The van der Waals surface area contributed by atoms with Crippen molar-refractivity contribution in [2.45, 2.75) is 41.9 Å². The van der Waals surface area contributed by atoms with Crippen LogP contribution in [0.15, 0.2) is 34.3 Å². The number of halogens is 4. The molecule has 4 heterocycles. The van der Waals surface area contributed by atoms with Gasteiger partial charge in [0.2, 0.25) is 0 Å². The first-order valence-corrected chi connectivity index (χ1v) is 12.8. The summed E-state index contributed by atoms with van der Waals surface area (Å²) in [5.74, 6) is 0. The number of hydrogen-bond donors (Lipinski definition) is 1. The lowest BCUT2D eigenvalue weighted by atomic mass is 9.99. The predicted octanol–water partition coefficient (Wildman–Crippen LogP) is 2.02. The summed E-state index contributed by atoms with van der Waals surface area (Å²) in [6.07, 6.45) is -1.38. The third-order valence-electron chi connectivity index (χ3n) is 6.06. The average molecular weight is 547 g/mol. The fraction of sp³-hybridized carbons (Fsp3) is 0.524. The Morgan fingerprint density at radius 1 is 1.28 bits per heavy atom. The molecular formula is C21H22ClF3N6O4S. The number of ether oxygens (including phenoxy) is 1. The van der Waals surface area contributed by atoms with E-state index in [0.717, 1.165) is 18.5 Å². The lowest BCUT2D eigenvalue weighted by Gasteiger charge is -2.36. The molecule has 2 aliphatic heterocycles. The second-order valence-corrected chi connectivity index (χ2v) is 10.9. The number of alkyl halides is 3. The third-order valence-corrected chi connectivity index (χ3v) is 8.18. The van der Waals surface area contributed by atoms with Gasteiger partial charge >= 0.3 is 0 Å². The van der Waals surface area contributed by atoms with Crippen LogP contribution in [0.3, 0.4) is 0 Å². The fourth-order valence-corrected chi connectivity index (χ4v) is 5.70. The highest BCUT2D eigenvalue weighted by Crippen LogP contribution is 2.31. The summed E-state index contributed by atoms with van der Waals surface area (Å²) in [7, 11) is -4.36. The Kier molecular flexibility index (Phi) is 7.56. The molecule has 1 N–H and O–H groups in total. The Hall–Kier alpha value is -2.73. The smallest absolute Gasteiger partial charge is 0.288 e. The maximum absolute atomic E-state index is 15.1. The third kappa shape index (κ3) is 5.19. The molecule has 0 aromatic carbocycles. The van der Waals surface area contributed by atoms with Gasteiger partial charge in [-0.1, -0.05) is 11.6 Å². The topological polar surface area (TPSA) is 130 Å². The second-order valence-electron chi connectivity index (χ2n) is 8.62. The van der Waals surface area contributed by atoms with Crippen molar-refractivity contribution in [3.05, 3.63) is 45.5 Å². The van der Waals surface area contributed by atoms with Gasteiger partial charge in [0.1, 0.15) is 29.5 Å². The van der Waals surface area contributed by atoms with Crippen molar-refractivity contribution in [1.29, 1.82) is 5.26 Å². The number of nitriles is 1. The maximum atomic E-state index is 15.1. The van der Waals surface area contributed by atoms with Gasteiger partial charge < -0.3 is 10.1 Å². The van der Waals surface area contributed by atoms with Crippen LogP contribution in [0.25, 0.3) is 0 Å². The maximum Gasteiger partial charge on any atom is 0.288 e. The van der Waals surface area contributed by atoms with Crippen LogP contribution in [-0.4, -0.2) is 78.3 Å². The van der Waals surface area contributed by atoms with E-state index in [4.69, 9.17) is 21.6 Å². The molecule has 36 heavy (non-hydrogen) atoms. The molecular weight excluding hydrogens is 525 g/mol. The summed E-state index contributed by atoms with van der Waals surface area (Å²) in [5, 5.41) is 14.5. The van der Waals surface area contributed by atoms with Crippen LogP contribution in [0.2, 0.25) is 5.02 Å². The summed E-state index contributed by atoms with van der Waals surface area (Å²) in [4.78, 5) is 16.5. The van der Waals surface area contributed by atoms with E-state index in [-0.39, 0.29) is 30.8 Å². The van der Waals surface area contributed by atoms with Crippen LogP contribution in [0.1, 0.15) is 24.4 Å². The van der Waals surface area contributed by atoms with Crippen molar-refractivity contribution >= 4 is 27.3 Å². The quantitative estimate of drug-likeness (QED) is 0.582. The van der Waals surface area contributed by atoms with Gasteiger partial charge in [0.05, 0.1) is 30.6 Å². The van der Waals surface area contributed by atoms with Crippen molar-refractivity contribution in [3.8, 4) is 6.07 Å². The number of pyridine rings is 1. The van der Waals surface area contributed by atoms with Gasteiger partial charge in [-0.15, -0.1) is 0 Å². The van der Waals surface area contributed by atoms with E-state index in [2.05, 4.69) is 15.4 Å². The average Bonchev–Trinajstić information content (AvgIpc) is 2.86. The van der Waals surface area contributed by atoms with E-state index in [9.17, 15) is 17.6 Å². The van der Waals surface area contributed by atoms with Gasteiger partial charge in [0, 0.05) is 25.9 Å². The van der Waals surface area contributed by atoms with Crippen molar-refractivity contribution in [2.75, 3.05) is 38.2 Å². The standard InChI is InChI=1S/C21H22ClF3N6O4S/c22-18-16(28-11-21(25)4-1-5-35-12-21)8-29-31(20(18)32)19-14(23)9-30(10-15(19)24)36(33,34)17-3-2-13(6-26)7-27-17/h2-3,7-8,14-15,19,28H,1,4-5,9-12H2/t14-,15-,21+/m1/s1. The Labute approximate surface area is 209 Å². The monoisotopic (exact) mass is 546 g/mol. The van der Waals surface area contributed by atoms with Crippen LogP contribution < -0.4 is 10.9 Å². The highest BCUT2D eigenvalue weighted by atomic mass is 35.5. The van der Waals surface area contributed by atoms with Gasteiger partial charge in [-0.2, -0.15) is 14.7 Å². The van der Waals surface area contributed by atoms with Crippen LogP contribution in [0, 0.1) is 11.3 Å². The minimum absolute atomic E-state index is 0.00163. The molecule has 2 saturated heterocycles. The van der Waals surface area contributed by atoms with Crippen LogP contribution >= 0.6 is 11.6 Å². The van der Waals surface area contributed by atoms with E-state index in [0.29, 0.717) is 22.0 Å².